The van der Waals surface area contributed by atoms with E-state index in [0.29, 0.717) is 4.31 Å². The van der Waals surface area contributed by atoms with E-state index in [0.717, 1.165) is 7.05 Å². The van der Waals surface area contributed by atoms with Crippen LogP contribution in [0.3, 0.4) is 0 Å². The number of carbonyl (C=O) groups excluding carboxylic acids is 2. The highest BCUT2D eigenvalue weighted by Crippen LogP contribution is 1.92. The molecule has 0 aromatic rings. The van der Waals surface area contributed by atoms with Crippen molar-refractivity contribution in [2.45, 2.75) is 6.42 Å². The molecule has 12 heavy (non-hydrogen) atoms. The van der Waals surface area contributed by atoms with Gasteiger partial charge < -0.3 is 5.32 Å². The van der Waals surface area contributed by atoms with Gasteiger partial charge in [0.15, 0.2) is 0 Å². The fourth-order valence-corrected chi connectivity index (χ4v) is 0.663. The molecule has 0 aliphatic carbocycles. The minimum Gasteiger partial charge on any atom is -0.359 e. The summed E-state index contributed by atoms with van der Waals surface area (Å²) in [6.45, 7) is 0. The second-order valence-corrected chi connectivity index (χ2v) is 2.98. The molecular weight excluding hydrogens is 184 g/mol. The summed E-state index contributed by atoms with van der Waals surface area (Å²) in [5, 5.41) is 2.22. The van der Waals surface area contributed by atoms with Gasteiger partial charge in [-0.15, -0.1) is 0 Å². The second-order valence-electron chi connectivity index (χ2n) is 1.97. The monoisotopic (exact) mass is 194 g/mol. The van der Waals surface area contributed by atoms with Crippen LogP contribution in [0.5, 0.6) is 0 Å². The van der Waals surface area contributed by atoms with Crippen molar-refractivity contribution < 1.29 is 18.4 Å². The van der Waals surface area contributed by atoms with Crippen molar-refractivity contribution in [2.24, 2.45) is 0 Å². The molecule has 0 aromatic heterocycles. The second kappa shape index (κ2) is 4.83. The fraction of sp³-hybridized carbons (Fsp3) is 0.600. The fourth-order valence-electron chi connectivity index (χ4n) is 0.424. The van der Waals surface area contributed by atoms with E-state index in [-0.39, 0.29) is 0 Å². The maximum atomic E-state index is 10.9. The lowest BCUT2D eigenvalue weighted by molar-refractivity contribution is -0.131. The van der Waals surface area contributed by atoms with Gasteiger partial charge in [0.2, 0.25) is 11.8 Å². The van der Waals surface area contributed by atoms with E-state index in [4.69, 9.17) is 4.55 Å². The summed E-state index contributed by atoms with van der Waals surface area (Å²) in [6, 6.07) is 0. The molecule has 1 atom stereocenters. The Kier molecular flexibility index (Phi) is 4.45. The van der Waals surface area contributed by atoms with Crippen LogP contribution in [0.4, 0.5) is 0 Å². The van der Waals surface area contributed by atoms with Gasteiger partial charge in [0, 0.05) is 14.1 Å². The van der Waals surface area contributed by atoms with Crippen LogP contribution >= 0.6 is 0 Å². The van der Waals surface area contributed by atoms with Gasteiger partial charge in [-0.3, -0.25) is 14.1 Å². The Morgan fingerprint density at radius 2 is 2.08 bits per heavy atom. The molecule has 6 nitrogen and oxygen atoms in total. The summed E-state index contributed by atoms with van der Waals surface area (Å²) in [4.78, 5) is 21.5. The largest absolute Gasteiger partial charge is 0.359 e. The highest BCUT2D eigenvalue weighted by atomic mass is 32.2. The van der Waals surface area contributed by atoms with E-state index in [1.807, 2.05) is 0 Å². The molecule has 0 rings (SSSR count). The van der Waals surface area contributed by atoms with Crippen LogP contribution in [0.15, 0.2) is 0 Å². The summed E-state index contributed by atoms with van der Waals surface area (Å²) in [6.07, 6.45) is -0.417. The third kappa shape index (κ3) is 3.44. The van der Waals surface area contributed by atoms with Crippen LogP contribution < -0.4 is 5.32 Å². The van der Waals surface area contributed by atoms with Crippen LogP contribution in [-0.2, 0) is 20.9 Å². The average Bonchev–Trinajstić information content (AvgIpc) is 2.02. The number of amides is 2. The molecule has 0 spiro atoms. The van der Waals surface area contributed by atoms with E-state index in [1.54, 1.807) is 0 Å². The third-order valence-corrected chi connectivity index (χ3v) is 1.85. The summed E-state index contributed by atoms with van der Waals surface area (Å²) in [5.74, 6) is -1.19. The van der Waals surface area contributed by atoms with Crippen LogP contribution in [0.1, 0.15) is 6.42 Å². The maximum absolute atomic E-state index is 10.9. The van der Waals surface area contributed by atoms with Crippen molar-refractivity contribution in [2.75, 3.05) is 14.1 Å². The van der Waals surface area contributed by atoms with E-state index < -0.39 is 29.5 Å². The standard InChI is InChI=1S/C5H10N2O4S/c1-6-4(8)3-5(9)7(2)12(10)11/h3H2,1-2H3,(H,6,8)(H,10,11). The highest BCUT2D eigenvalue weighted by molar-refractivity contribution is 7.77. The zero-order valence-electron chi connectivity index (χ0n) is 6.73. The van der Waals surface area contributed by atoms with Crippen LogP contribution in [0.2, 0.25) is 0 Å². The molecule has 0 heterocycles. The molecule has 0 aliphatic rings. The first-order chi connectivity index (χ1) is 5.49. The van der Waals surface area contributed by atoms with E-state index in [2.05, 4.69) is 5.32 Å². The normalized spacial score (nSPS) is 11.9. The Balaban J connectivity index is 4.04. The van der Waals surface area contributed by atoms with Gasteiger partial charge in [-0.2, -0.15) is 0 Å². The molecule has 0 aliphatic heterocycles. The zero-order valence-corrected chi connectivity index (χ0v) is 7.55. The van der Waals surface area contributed by atoms with Crippen LogP contribution in [-0.4, -0.2) is 39.0 Å². The van der Waals surface area contributed by atoms with Crippen LogP contribution in [0.25, 0.3) is 0 Å². The Bertz CT molecular complexity index is 217. The number of nitrogens with zero attached hydrogens (tertiary/aromatic N) is 1. The predicted octanol–water partition coefficient (Wildman–Crippen LogP) is -1.28. The van der Waals surface area contributed by atoms with Crippen molar-refractivity contribution in [3.8, 4) is 0 Å². The maximum Gasteiger partial charge on any atom is 0.263 e. The molecule has 2 amide bonds. The van der Waals surface area contributed by atoms with Gasteiger partial charge in [-0.05, 0) is 0 Å². The molecule has 0 saturated carbocycles. The average molecular weight is 194 g/mol. The topological polar surface area (TPSA) is 86.7 Å². The Morgan fingerprint density at radius 1 is 1.58 bits per heavy atom. The minimum atomic E-state index is -2.36. The Labute approximate surface area is 72.3 Å². The number of hydrogen-bond donors (Lipinski definition) is 2. The molecule has 0 fully saturated rings. The Hall–Kier alpha value is -0.950. The number of carbonyl (C=O) groups is 2. The summed E-state index contributed by atoms with van der Waals surface area (Å²) >= 11 is -2.36. The van der Waals surface area contributed by atoms with Crippen molar-refractivity contribution in [3.05, 3.63) is 0 Å². The van der Waals surface area contributed by atoms with Crippen molar-refractivity contribution in [3.63, 3.8) is 0 Å². The number of nitrogens with one attached hydrogen (secondary N) is 1. The third-order valence-electron chi connectivity index (χ3n) is 1.18. The SMILES string of the molecule is CNC(=O)CC(=O)N(C)S(=O)O. The molecule has 1 unspecified atom stereocenters. The summed E-state index contributed by atoms with van der Waals surface area (Å²) in [7, 11) is 2.52. The van der Waals surface area contributed by atoms with Crippen molar-refractivity contribution in [1.29, 1.82) is 0 Å². The van der Waals surface area contributed by atoms with Crippen molar-refractivity contribution >= 4 is 23.1 Å². The van der Waals surface area contributed by atoms with Gasteiger partial charge in [0.05, 0.1) is 0 Å². The first kappa shape index (κ1) is 11.1. The Morgan fingerprint density at radius 3 is 2.42 bits per heavy atom. The van der Waals surface area contributed by atoms with E-state index >= 15 is 0 Å². The van der Waals surface area contributed by atoms with Gasteiger partial charge in [-0.25, -0.2) is 8.51 Å². The molecule has 70 valence electrons. The first-order valence-electron chi connectivity index (χ1n) is 3.07. The summed E-state index contributed by atoms with van der Waals surface area (Å²) < 4.78 is 19.3. The lowest BCUT2D eigenvalue weighted by atomic mass is 10.4. The first-order valence-corrected chi connectivity index (χ1v) is 4.13. The summed E-state index contributed by atoms with van der Waals surface area (Å²) in [5.41, 5.74) is 0. The van der Waals surface area contributed by atoms with Gasteiger partial charge in [-0.1, -0.05) is 0 Å². The molecule has 0 aromatic carbocycles. The van der Waals surface area contributed by atoms with E-state index in [1.165, 1.54) is 7.05 Å². The lowest BCUT2D eigenvalue weighted by Gasteiger charge is -2.10. The quantitative estimate of drug-likeness (QED) is 0.432. The molecule has 0 bridgehead atoms. The zero-order chi connectivity index (χ0) is 9.72. The van der Waals surface area contributed by atoms with Gasteiger partial charge >= 0.3 is 0 Å². The van der Waals surface area contributed by atoms with Gasteiger partial charge in [0.1, 0.15) is 6.42 Å². The van der Waals surface area contributed by atoms with Crippen molar-refractivity contribution in [1.82, 2.24) is 9.62 Å². The highest BCUT2D eigenvalue weighted by Gasteiger charge is 2.16. The molecule has 7 heteroatoms. The number of rotatable bonds is 3. The molecule has 0 radical (unpaired) electrons. The smallest absolute Gasteiger partial charge is 0.263 e. The molecular formula is C5H10N2O4S. The number of hydrogen-bond acceptors (Lipinski definition) is 3. The molecule has 2 N–H and O–H groups in total. The minimum absolute atomic E-state index is 0.417. The lowest BCUT2D eigenvalue weighted by Crippen LogP contribution is -2.32. The van der Waals surface area contributed by atoms with Crippen LogP contribution in [0, 0.1) is 0 Å². The van der Waals surface area contributed by atoms with E-state index in [9.17, 15) is 13.8 Å². The van der Waals surface area contributed by atoms with Gasteiger partial charge in [0.25, 0.3) is 11.3 Å². The molecule has 0 saturated heterocycles. The predicted molar refractivity (Wildman–Crippen MR) is 42.2 cm³/mol.